The summed E-state index contributed by atoms with van der Waals surface area (Å²) in [4.78, 5) is 29.4. The second-order valence-corrected chi connectivity index (χ2v) is 6.30. The van der Waals surface area contributed by atoms with E-state index in [1.54, 1.807) is 28.4 Å². The van der Waals surface area contributed by atoms with Gasteiger partial charge in [0.1, 0.15) is 5.01 Å². The lowest BCUT2D eigenvalue weighted by molar-refractivity contribution is -0.141. The maximum absolute atomic E-state index is 12.4. The van der Waals surface area contributed by atoms with Crippen molar-refractivity contribution in [2.75, 3.05) is 13.1 Å². The Hall–Kier alpha value is -2.21. The zero-order valence-corrected chi connectivity index (χ0v) is 13.0. The Morgan fingerprint density at radius 2 is 2.05 bits per heavy atom. The maximum atomic E-state index is 12.4. The van der Waals surface area contributed by atoms with Crippen LogP contribution in [0.4, 0.5) is 0 Å². The molecule has 0 bridgehead atoms. The summed E-state index contributed by atoms with van der Waals surface area (Å²) in [5.41, 5.74) is 2.56. The van der Waals surface area contributed by atoms with Crippen molar-refractivity contribution < 1.29 is 14.7 Å². The fraction of sp³-hybridized carbons (Fsp3) is 0.312. The van der Waals surface area contributed by atoms with Crippen molar-refractivity contribution in [2.24, 2.45) is 5.92 Å². The summed E-state index contributed by atoms with van der Waals surface area (Å²) >= 11 is 1.57. The van der Waals surface area contributed by atoms with Crippen molar-refractivity contribution in [3.8, 4) is 10.6 Å². The number of hydrogen-bond acceptors (Lipinski definition) is 4. The minimum absolute atomic E-state index is 0.106. The van der Waals surface area contributed by atoms with E-state index in [4.69, 9.17) is 5.11 Å². The van der Waals surface area contributed by atoms with Gasteiger partial charge in [-0.25, -0.2) is 4.98 Å². The van der Waals surface area contributed by atoms with Gasteiger partial charge in [0.05, 0.1) is 5.92 Å². The first-order chi connectivity index (χ1) is 10.5. The molecule has 22 heavy (non-hydrogen) atoms. The molecule has 1 aromatic carbocycles. The van der Waals surface area contributed by atoms with Gasteiger partial charge in [-0.2, -0.15) is 0 Å². The molecule has 1 fully saturated rings. The molecule has 2 aromatic rings. The summed E-state index contributed by atoms with van der Waals surface area (Å²) in [6.07, 6.45) is 0.525. The predicted octanol–water partition coefficient (Wildman–Crippen LogP) is 2.67. The maximum Gasteiger partial charge on any atom is 0.308 e. The van der Waals surface area contributed by atoms with E-state index in [1.165, 1.54) is 0 Å². The molecule has 114 valence electrons. The third-order valence-corrected chi connectivity index (χ3v) is 4.83. The van der Waals surface area contributed by atoms with Gasteiger partial charge in [0.15, 0.2) is 0 Å². The van der Waals surface area contributed by atoms with E-state index < -0.39 is 11.9 Å². The summed E-state index contributed by atoms with van der Waals surface area (Å²) in [7, 11) is 0. The summed E-state index contributed by atoms with van der Waals surface area (Å²) in [6.45, 7) is 2.74. The molecule has 1 atom stereocenters. The molecule has 6 heteroatoms. The molecule has 1 amide bonds. The number of aliphatic carboxylic acids is 1. The number of thiazole rings is 1. The topological polar surface area (TPSA) is 70.5 Å². The number of aromatic nitrogens is 1. The highest BCUT2D eigenvalue weighted by Crippen LogP contribution is 2.25. The van der Waals surface area contributed by atoms with Crippen LogP contribution in [-0.4, -0.2) is 40.0 Å². The molecule has 1 aliphatic rings. The number of carbonyl (C=O) groups excluding carboxylic acids is 1. The molecule has 2 heterocycles. The number of amides is 1. The first kappa shape index (κ1) is 14.7. The highest BCUT2D eigenvalue weighted by molar-refractivity contribution is 7.13. The highest BCUT2D eigenvalue weighted by atomic mass is 32.1. The standard InChI is InChI=1S/C16H16N2O3S/c1-10-9-22-14(17-10)11-2-4-12(5-3-11)15(19)18-7-6-13(8-18)16(20)21/h2-5,9,13H,6-8H2,1H3,(H,20,21). The molecular formula is C16H16N2O3S. The Balaban J connectivity index is 1.73. The lowest BCUT2D eigenvalue weighted by atomic mass is 10.1. The molecule has 1 aromatic heterocycles. The molecule has 1 saturated heterocycles. The molecule has 0 spiro atoms. The van der Waals surface area contributed by atoms with Crippen molar-refractivity contribution in [1.82, 2.24) is 9.88 Å². The zero-order chi connectivity index (χ0) is 15.7. The van der Waals surface area contributed by atoms with E-state index in [0.29, 0.717) is 25.1 Å². The number of nitrogens with zero attached hydrogens (tertiary/aromatic N) is 2. The Morgan fingerprint density at radius 1 is 1.32 bits per heavy atom. The number of rotatable bonds is 3. The number of carbonyl (C=O) groups is 2. The van der Waals surface area contributed by atoms with Gasteiger partial charge in [0.25, 0.3) is 5.91 Å². The fourth-order valence-corrected chi connectivity index (χ4v) is 3.37. The Kier molecular flexibility index (Phi) is 3.94. The second kappa shape index (κ2) is 5.88. The smallest absolute Gasteiger partial charge is 0.308 e. The second-order valence-electron chi connectivity index (χ2n) is 5.45. The van der Waals surface area contributed by atoms with Crippen LogP contribution in [0.25, 0.3) is 10.6 Å². The van der Waals surface area contributed by atoms with Crippen LogP contribution in [0.1, 0.15) is 22.5 Å². The van der Waals surface area contributed by atoms with Crippen molar-refractivity contribution in [1.29, 1.82) is 0 Å². The average molecular weight is 316 g/mol. The molecule has 1 aliphatic heterocycles. The zero-order valence-electron chi connectivity index (χ0n) is 12.2. The van der Waals surface area contributed by atoms with Gasteiger partial charge in [-0.1, -0.05) is 12.1 Å². The van der Waals surface area contributed by atoms with Crippen molar-refractivity contribution >= 4 is 23.2 Å². The first-order valence-corrected chi connectivity index (χ1v) is 7.97. The molecule has 5 nitrogen and oxygen atoms in total. The van der Waals surface area contributed by atoms with Gasteiger partial charge in [0, 0.05) is 35.3 Å². The Labute approximate surface area is 132 Å². The quantitative estimate of drug-likeness (QED) is 0.945. The summed E-state index contributed by atoms with van der Waals surface area (Å²) in [6, 6.07) is 7.33. The van der Waals surface area contributed by atoms with E-state index in [0.717, 1.165) is 16.3 Å². The van der Waals surface area contributed by atoms with Gasteiger partial charge < -0.3 is 10.0 Å². The number of hydrogen-bond donors (Lipinski definition) is 1. The van der Waals surface area contributed by atoms with Gasteiger partial charge in [-0.05, 0) is 25.5 Å². The summed E-state index contributed by atoms with van der Waals surface area (Å²) in [5, 5.41) is 11.9. The van der Waals surface area contributed by atoms with Crippen molar-refractivity contribution in [2.45, 2.75) is 13.3 Å². The van der Waals surface area contributed by atoms with E-state index >= 15 is 0 Å². The van der Waals surface area contributed by atoms with Crippen LogP contribution < -0.4 is 0 Å². The monoisotopic (exact) mass is 316 g/mol. The summed E-state index contributed by atoms with van der Waals surface area (Å²) < 4.78 is 0. The van der Waals surface area contributed by atoms with Crippen LogP contribution in [0.5, 0.6) is 0 Å². The Bertz CT molecular complexity index is 708. The van der Waals surface area contributed by atoms with E-state index in [9.17, 15) is 9.59 Å². The highest BCUT2D eigenvalue weighted by Gasteiger charge is 2.31. The fourth-order valence-electron chi connectivity index (χ4n) is 2.57. The lowest BCUT2D eigenvalue weighted by Crippen LogP contribution is -2.29. The normalized spacial score (nSPS) is 17.7. The Morgan fingerprint density at radius 3 is 2.59 bits per heavy atom. The molecule has 3 rings (SSSR count). The molecule has 0 aliphatic carbocycles. The third-order valence-electron chi connectivity index (χ3n) is 3.82. The molecule has 1 unspecified atom stereocenters. The van der Waals surface area contributed by atoms with Crippen LogP contribution >= 0.6 is 11.3 Å². The van der Waals surface area contributed by atoms with Gasteiger partial charge in [-0.15, -0.1) is 11.3 Å². The first-order valence-electron chi connectivity index (χ1n) is 7.09. The number of benzene rings is 1. The number of aryl methyl sites for hydroxylation is 1. The molecular weight excluding hydrogens is 300 g/mol. The summed E-state index contributed by atoms with van der Waals surface area (Å²) in [5.74, 6) is -1.38. The SMILES string of the molecule is Cc1csc(-c2ccc(C(=O)N3CCC(C(=O)O)C3)cc2)n1. The lowest BCUT2D eigenvalue weighted by Gasteiger charge is -2.15. The third kappa shape index (κ3) is 2.87. The number of likely N-dealkylation sites (tertiary alicyclic amines) is 1. The minimum atomic E-state index is -0.829. The van der Waals surface area contributed by atoms with Crippen LogP contribution in [-0.2, 0) is 4.79 Å². The average Bonchev–Trinajstić information content (AvgIpc) is 3.16. The van der Waals surface area contributed by atoms with Crippen LogP contribution in [0.2, 0.25) is 0 Å². The van der Waals surface area contributed by atoms with Crippen LogP contribution in [0.15, 0.2) is 29.6 Å². The van der Waals surface area contributed by atoms with E-state index in [2.05, 4.69) is 4.98 Å². The molecule has 0 saturated carbocycles. The van der Waals surface area contributed by atoms with Gasteiger partial charge >= 0.3 is 5.97 Å². The van der Waals surface area contributed by atoms with Gasteiger partial charge in [0.2, 0.25) is 0 Å². The van der Waals surface area contributed by atoms with Crippen LogP contribution in [0, 0.1) is 12.8 Å². The van der Waals surface area contributed by atoms with Crippen LogP contribution in [0.3, 0.4) is 0 Å². The predicted molar refractivity (Wildman–Crippen MR) is 83.9 cm³/mol. The molecule has 1 N–H and O–H groups in total. The van der Waals surface area contributed by atoms with Crippen molar-refractivity contribution in [3.05, 3.63) is 40.9 Å². The largest absolute Gasteiger partial charge is 0.481 e. The van der Waals surface area contributed by atoms with Crippen molar-refractivity contribution in [3.63, 3.8) is 0 Å². The number of carboxylic acids is 1. The van der Waals surface area contributed by atoms with Gasteiger partial charge in [-0.3, -0.25) is 9.59 Å². The van der Waals surface area contributed by atoms with E-state index in [1.807, 2.05) is 24.4 Å². The molecule has 0 radical (unpaired) electrons. The van der Waals surface area contributed by atoms with E-state index in [-0.39, 0.29) is 5.91 Å². The number of carboxylic acid groups (broad SMARTS) is 1. The minimum Gasteiger partial charge on any atom is -0.481 e.